The Morgan fingerprint density at radius 1 is 1.36 bits per heavy atom. The molecule has 2 heteroatoms. The Morgan fingerprint density at radius 3 is 2.64 bits per heavy atom. The minimum absolute atomic E-state index is 0.823. The van der Waals surface area contributed by atoms with E-state index in [1.54, 1.807) is 3.96 Å². The predicted molar refractivity (Wildman–Crippen MR) is 59.5 cm³/mol. The van der Waals surface area contributed by atoms with E-state index in [0.29, 0.717) is 0 Å². The van der Waals surface area contributed by atoms with E-state index in [0.717, 1.165) is 13.2 Å². The Bertz CT molecular complexity index is 251. The standard InChI is InChI=1S/C8H11O.C2H5.2CH3.Pt/c1-2-9-7-8-5-3-4-6-8;1-2;;;/h3,5H,2,4,7H2,1H3;1H2,2H3;2*1H3;. The van der Waals surface area contributed by atoms with Crippen LogP contribution in [0.3, 0.4) is 0 Å². The van der Waals surface area contributed by atoms with Gasteiger partial charge in [0.05, 0.1) is 0 Å². The van der Waals surface area contributed by atoms with Crippen LogP contribution in [0, 0.1) is 0 Å². The molecule has 0 spiro atoms. The number of hydrogen-bond acceptors (Lipinski definition) is 1. The van der Waals surface area contributed by atoms with Crippen molar-refractivity contribution in [3.63, 3.8) is 0 Å². The third kappa shape index (κ3) is 2.81. The molecular formula is C12H22OPt. The minimum atomic E-state index is -1.55. The SMILES string of the molecule is CCOCC1=[C]([Pt]([CH3])([CH3])[CH2]C)CC=C1. The summed E-state index contributed by atoms with van der Waals surface area (Å²) < 4.78 is 7.25. The number of allylic oxidation sites excluding steroid dienone is 2. The van der Waals surface area contributed by atoms with Gasteiger partial charge in [0.1, 0.15) is 0 Å². The molecule has 0 aromatic rings. The first-order valence-electron chi connectivity index (χ1n) is 4.99. The number of ether oxygens (including phenoxy) is 1. The molecule has 0 atom stereocenters. The van der Waals surface area contributed by atoms with Crippen molar-refractivity contribution in [1.82, 2.24) is 0 Å². The number of hydrogen-bond donors (Lipinski definition) is 0. The molecule has 1 aliphatic carbocycles. The Balaban J connectivity index is 2.75. The molecule has 0 saturated carbocycles. The Hall–Kier alpha value is 0.128. The summed E-state index contributed by atoms with van der Waals surface area (Å²) in [7, 11) is 0. The molecule has 0 aliphatic heterocycles. The molecule has 0 bridgehead atoms. The van der Waals surface area contributed by atoms with Crippen molar-refractivity contribution in [3.05, 3.63) is 21.7 Å². The summed E-state index contributed by atoms with van der Waals surface area (Å²) in [6, 6.07) is 0. The third-order valence-corrected chi connectivity index (χ3v) is 11.4. The predicted octanol–water partition coefficient (Wildman–Crippen LogP) is 3.93. The van der Waals surface area contributed by atoms with E-state index in [2.05, 4.69) is 36.6 Å². The zero-order valence-electron chi connectivity index (χ0n) is 9.71. The molecule has 0 radical (unpaired) electrons. The van der Waals surface area contributed by atoms with Gasteiger partial charge < -0.3 is 0 Å². The van der Waals surface area contributed by atoms with Crippen LogP contribution in [0.25, 0.3) is 0 Å². The Labute approximate surface area is 91.4 Å². The van der Waals surface area contributed by atoms with Crippen molar-refractivity contribution in [2.75, 3.05) is 13.2 Å². The van der Waals surface area contributed by atoms with Crippen LogP contribution >= 0.6 is 0 Å². The van der Waals surface area contributed by atoms with Crippen molar-refractivity contribution < 1.29 is 20.8 Å². The van der Waals surface area contributed by atoms with Gasteiger partial charge in [-0.15, -0.1) is 0 Å². The van der Waals surface area contributed by atoms with Crippen LogP contribution in [0.15, 0.2) is 21.7 Å². The molecule has 0 aromatic carbocycles. The molecule has 0 heterocycles. The first kappa shape index (κ1) is 12.2. The van der Waals surface area contributed by atoms with Gasteiger partial charge in [0.15, 0.2) is 0 Å². The van der Waals surface area contributed by atoms with Gasteiger partial charge >= 0.3 is 91.4 Å². The zero-order chi connectivity index (χ0) is 10.6. The van der Waals surface area contributed by atoms with E-state index in [9.17, 15) is 0 Å². The van der Waals surface area contributed by atoms with Gasteiger partial charge in [-0.2, -0.15) is 0 Å². The van der Waals surface area contributed by atoms with Crippen molar-refractivity contribution in [1.29, 1.82) is 0 Å². The van der Waals surface area contributed by atoms with E-state index in [4.69, 9.17) is 4.74 Å². The fraction of sp³-hybridized carbons (Fsp3) is 0.667. The van der Waals surface area contributed by atoms with Crippen LogP contribution < -0.4 is 0 Å². The summed E-state index contributed by atoms with van der Waals surface area (Å²) in [5, 5.41) is 5.00. The van der Waals surface area contributed by atoms with Gasteiger partial charge in [0, 0.05) is 0 Å². The van der Waals surface area contributed by atoms with Gasteiger partial charge in [0.25, 0.3) is 0 Å². The number of rotatable bonds is 5. The van der Waals surface area contributed by atoms with Crippen LogP contribution in [-0.2, 0) is 20.8 Å². The fourth-order valence-electron chi connectivity index (χ4n) is 1.43. The normalized spacial score (nSPS) is 18.0. The van der Waals surface area contributed by atoms with Gasteiger partial charge in [-0.1, -0.05) is 0 Å². The van der Waals surface area contributed by atoms with Crippen molar-refractivity contribution >= 4 is 0 Å². The summed E-state index contributed by atoms with van der Waals surface area (Å²) in [4.78, 5) is 1.37. The molecule has 86 valence electrons. The maximum absolute atomic E-state index is 5.51. The van der Waals surface area contributed by atoms with Crippen molar-refractivity contribution in [2.24, 2.45) is 0 Å². The van der Waals surface area contributed by atoms with Crippen LogP contribution in [0.5, 0.6) is 0 Å². The Morgan fingerprint density at radius 2 is 2.07 bits per heavy atom. The third-order valence-electron chi connectivity index (χ3n) is 2.47. The van der Waals surface area contributed by atoms with E-state index < -0.39 is 16.1 Å². The van der Waals surface area contributed by atoms with E-state index >= 15 is 0 Å². The molecule has 1 aliphatic rings. The van der Waals surface area contributed by atoms with E-state index in [1.165, 1.54) is 16.8 Å². The van der Waals surface area contributed by atoms with Gasteiger partial charge in [-0.25, -0.2) is 0 Å². The summed E-state index contributed by atoms with van der Waals surface area (Å²) in [6.45, 7) is 6.05. The summed E-state index contributed by atoms with van der Waals surface area (Å²) in [5.41, 5.74) is 1.48. The molecule has 14 heavy (non-hydrogen) atoms. The summed E-state index contributed by atoms with van der Waals surface area (Å²) in [5.74, 6) is 0. The fourth-order valence-corrected chi connectivity index (χ4v) is 6.25. The molecule has 1 rings (SSSR count). The zero-order valence-corrected chi connectivity index (χ0v) is 12.0. The first-order valence-corrected chi connectivity index (χ1v) is 12.3. The second-order valence-electron chi connectivity index (χ2n) is 3.55. The first-order chi connectivity index (χ1) is 6.61. The van der Waals surface area contributed by atoms with Gasteiger partial charge in [-0.3, -0.25) is 0 Å². The molecule has 0 N–H and O–H groups in total. The molecule has 0 saturated heterocycles. The average molecular weight is 377 g/mol. The molecule has 0 unspecified atom stereocenters. The molecule has 0 aromatic heterocycles. The maximum atomic E-state index is 5.51. The van der Waals surface area contributed by atoms with Crippen LogP contribution in [-0.4, -0.2) is 13.2 Å². The van der Waals surface area contributed by atoms with Crippen molar-refractivity contribution in [3.8, 4) is 0 Å². The second-order valence-corrected chi connectivity index (χ2v) is 15.1. The van der Waals surface area contributed by atoms with E-state index in [-0.39, 0.29) is 0 Å². The Kier molecular flexibility index (Phi) is 4.60. The molecule has 0 fully saturated rings. The topological polar surface area (TPSA) is 9.23 Å². The second kappa shape index (κ2) is 5.28. The van der Waals surface area contributed by atoms with Gasteiger partial charge in [-0.05, 0) is 0 Å². The quantitative estimate of drug-likeness (QED) is 0.706. The van der Waals surface area contributed by atoms with Gasteiger partial charge in [0.2, 0.25) is 0 Å². The molecular weight excluding hydrogens is 355 g/mol. The molecule has 0 amide bonds. The van der Waals surface area contributed by atoms with Crippen LogP contribution in [0.1, 0.15) is 20.3 Å². The monoisotopic (exact) mass is 377 g/mol. The van der Waals surface area contributed by atoms with E-state index in [1.807, 2.05) is 0 Å². The van der Waals surface area contributed by atoms with Crippen LogP contribution in [0.2, 0.25) is 15.4 Å². The van der Waals surface area contributed by atoms with Crippen molar-refractivity contribution in [2.45, 2.75) is 35.7 Å². The van der Waals surface area contributed by atoms with Crippen LogP contribution in [0.4, 0.5) is 0 Å². The average Bonchev–Trinajstić information content (AvgIpc) is 2.63. The summed E-state index contributed by atoms with van der Waals surface area (Å²) >= 11 is -1.55. The molecule has 1 nitrogen and oxygen atoms in total. The summed E-state index contributed by atoms with van der Waals surface area (Å²) in [6.07, 6.45) is 5.76.